The summed E-state index contributed by atoms with van der Waals surface area (Å²) in [5.41, 5.74) is 1.26. The zero-order chi connectivity index (χ0) is 12.5. The summed E-state index contributed by atoms with van der Waals surface area (Å²) < 4.78 is 0. The summed E-state index contributed by atoms with van der Waals surface area (Å²) >= 11 is 0. The lowest BCUT2D eigenvalue weighted by Gasteiger charge is -2.38. The number of aliphatic hydroxyl groups excluding tert-OH is 1. The summed E-state index contributed by atoms with van der Waals surface area (Å²) in [4.78, 5) is 6.80. The smallest absolute Gasteiger partial charge is 0.128 e. The molecule has 1 unspecified atom stereocenters. The zero-order valence-corrected chi connectivity index (χ0v) is 11.0. The maximum absolute atomic E-state index is 9.45. The number of rotatable bonds is 2. The van der Waals surface area contributed by atoms with Crippen LogP contribution in [0.3, 0.4) is 0 Å². The average Bonchev–Trinajstić information content (AvgIpc) is 2.28. The average molecular weight is 234 g/mol. The van der Waals surface area contributed by atoms with Crippen LogP contribution in [0, 0.1) is 5.41 Å². The Morgan fingerprint density at radius 2 is 2.18 bits per heavy atom. The molecule has 0 spiro atoms. The van der Waals surface area contributed by atoms with E-state index in [0.717, 1.165) is 24.5 Å². The van der Waals surface area contributed by atoms with Crippen LogP contribution in [0.1, 0.15) is 45.3 Å². The molecule has 3 heteroatoms. The highest BCUT2D eigenvalue weighted by Crippen LogP contribution is 2.30. The third-order valence-electron chi connectivity index (χ3n) is 3.48. The highest BCUT2D eigenvalue weighted by Gasteiger charge is 2.26. The number of anilines is 1. The molecule has 1 fully saturated rings. The van der Waals surface area contributed by atoms with Gasteiger partial charge in [-0.25, -0.2) is 4.98 Å². The Morgan fingerprint density at radius 1 is 1.41 bits per heavy atom. The lowest BCUT2D eigenvalue weighted by Crippen LogP contribution is -2.40. The van der Waals surface area contributed by atoms with E-state index in [9.17, 15) is 5.11 Å². The molecule has 94 valence electrons. The van der Waals surface area contributed by atoms with Gasteiger partial charge in [-0.1, -0.05) is 19.9 Å². The van der Waals surface area contributed by atoms with Crippen LogP contribution < -0.4 is 4.90 Å². The molecule has 1 N–H and O–H groups in total. The van der Waals surface area contributed by atoms with Crippen molar-refractivity contribution < 1.29 is 5.11 Å². The Hall–Kier alpha value is -1.09. The minimum atomic E-state index is -0.436. The molecule has 1 atom stereocenters. The van der Waals surface area contributed by atoms with Gasteiger partial charge in [0.1, 0.15) is 5.82 Å². The van der Waals surface area contributed by atoms with Crippen LogP contribution in [0.5, 0.6) is 0 Å². The molecule has 2 rings (SSSR count). The van der Waals surface area contributed by atoms with E-state index in [-0.39, 0.29) is 0 Å². The first-order chi connectivity index (χ1) is 7.98. The topological polar surface area (TPSA) is 36.4 Å². The van der Waals surface area contributed by atoms with Gasteiger partial charge in [-0.05, 0) is 36.8 Å². The van der Waals surface area contributed by atoms with Crippen LogP contribution in [0.2, 0.25) is 0 Å². The van der Waals surface area contributed by atoms with Crippen LogP contribution in [-0.2, 0) is 0 Å². The van der Waals surface area contributed by atoms with Crippen molar-refractivity contribution in [2.45, 2.75) is 39.7 Å². The SMILES string of the molecule is CC(O)c1ccc(N2CCCC(C)(C)C2)nc1. The lowest BCUT2D eigenvalue weighted by atomic mass is 9.84. The fourth-order valence-corrected chi connectivity index (χ4v) is 2.45. The van der Waals surface area contributed by atoms with E-state index < -0.39 is 6.10 Å². The maximum atomic E-state index is 9.45. The molecule has 0 amide bonds. The van der Waals surface area contributed by atoms with Gasteiger partial charge < -0.3 is 10.0 Å². The Labute approximate surface area is 103 Å². The Bertz CT molecular complexity index is 370. The molecule has 0 bridgehead atoms. The van der Waals surface area contributed by atoms with Gasteiger partial charge >= 0.3 is 0 Å². The fraction of sp³-hybridized carbons (Fsp3) is 0.643. The zero-order valence-electron chi connectivity index (χ0n) is 11.0. The second-order valence-electron chi connectivity index (χ2n) is 5.82. The highest BCUT2D eigenvalue weighted by molar-refractivity contribution is 5.40. The number of aromatic nitrogens is 1. The van der Waals surface area contributed by atoms with Gasteiger partial charge in [-0.3, -0.25) is 0 Å². The van der Waals surface area contributed by atoms with Crippen LogP contribution >= 0.6 is 0 Å². The van der Waals surface area contributed by atoms with Crippen molar-refractivity contribution in [3.05, 3.63) is 23.9 Å². The quantitative estimate of drug-likeness (QED) is 0.854. The first-order valence-electron chi connectivity index (χ1n) is 6.37. The second kappa shape index (κ2) is 4.65. The number of piperidine rings is 1. The van der Waals surface area contributed by atoms with Gasteiger partial charge in [0.2, 0.25) is 0 Å². The van der Waals surface area contributed by atoms with Crippen LogP contribution in [-0.4, -0.2) is 23.2 Å². The van der Waals surface area contributed by atoms with E-state index in [0.29, 0.717) is 5.41 Å². The summed E-state index contributed by atoms with van der Waals surface area (Å²) in [5.74, 6) is 1.03. The molecule has 1 aliphatic heterocycles. The molecule has 3 nitrogen and oxygen atoms in total. The maximum Gasteiger partial charge on any atom is 0.128 e. The number of hydrogen-bond donors (Lipinski definition) is 1. The van der Waals surface area contributed by atoms with Crippen molar-refractivity contribution >= 4 is 5.82 Å². The van der Waals surface area contributed by atoms with Crippen molar-refractivity contribution in [1.29, 1.82) is 0 Å². The van der Waals surface area contributed by atoms with Gasteiger partial charge in [0, 0.05) is 19.3 Å². The van der Waals surface area contributed by atoms with Gasteiger partial charge in [0.15, 0.2) is 0 Å². The third-order valence-corrected chi connectivity index (χ3v) is 3.48. The molecular weight excluding hydrogens is 212 g/mol. The van der Waals surface area contributed by atoms with Crippen LogP contribution in [0.15, 0.2) is 18.3 Å². The van der Waals surface area contributed by atoms with Crippen LogP contribution in [0.25, 0.3) is 0 Å². The number of hydrogen-bond acceptors (Lipinski definition) is 3. The summed E-state index contributed by atoms with van der Waals surface area (Å²) in [6.07, 6.45) is 3.86. The second-order valence-corrected chi connectivity index (χ2v) is 5.82. The molecule has 1 aromatic rings. The third kappa shape index (κ3) is 2.97. The van der Waals surface area contributed by atoms with Crippen molar-refractivity contribution in [2.75, 3.05) is 18.0 Å². The standard InChI is InChI=1S/C14H22N2O/c1-11(17)12-5-6-13(15-9-12)16-8-4-7-14(2,3)10-16/h5-6,9,11,17H,4,7-8,10H2,1-3H3. The molecule has 0 aromatic carbocycles. The summed E-state index contributed by atoms with van der Waals surface area (Å²) in [5, 5.41) is 9.45. The molecule has 1 saturated heterocycles. The van der Waals surface area contributed by atoms with Crippen molar-refractivity contribution in [3.63, 3.8) is 0 Å². The Morgan fingerprint density at radius 3 is 2.71 bits per heavy atom. The molecule has 0 saturated carbocycles. The van der Waals surface area contributed by atoms with Gasteiger partial charge in [-0.15, -0.1) is 0 Å². The molecule has 1 aromatic heterocycles. The van der Waals surface area contributed by atoms with Crippen molar-refractivity contribution in [2.24, 2.45) is 5.41 Å². The molecule has 0 aliphatic carbocycles. The predicted molar refractivity (Wildman–Crippen MR) is 70.1 cm³/mol. The summed E-state index contributed by atoms with van der Waals surface area (Å²) in [6.45, 7) is 8.53. The first kappa shape index (κ1) is 12.4. The largest absolute Gasteiger partial charge is 0.389 e. The van der Waals surface area contributed by atoms with E-state index in [2.05, 4.69) is 23.7 Å². The van der Waals surface area contributed by atoms with Crippen LogP contribution in [0.4, 0.5) is 5.82 Å². The van der Waals surface area contributed by atoms with E-state index in [1.165, 1.54) is 12.8 Å². The van der Waals surface area contributed by atoms with Gasteiger partial charge in [0.05, 0.1) is 6.10 Å². The van der Waals surface area contributed by atoms with Crippen molar-refractivity contribution in [1.82, 2.24) is 4.98 Å². The molecule has 17 heavy (non-hydrogen) atoms. The first-order valence-corrected chi connectivity index (χ1v) is 6.37. The Kier molecular flexibility index (Phi) is 3.38. The number of aliphatic hydroxyl groups is 1. The van der Waals surface area contributed by atoms with E-state index in [4.69, 9.17) is 0 Å². The van der Waals surface area contributed by atoms with E-state index in [1.54, 1.807) is 13.1 Å². The molecule has 1 aliphatic rings. The molecule has 2 heterocycles. The predicted octanol–water partition coefficient (Wildman–Crippen LogP) is 2.76. The minimum Gasteiger partial charge on any atom is -0.389 e. The molecule has 0 radical (unpaired) electrons. The summed E-state index contributed by atoms with van der Waals surface area (Å²) in [7, 11) is 0. The highest BCUT2D eigenvalue weighted by atomic mass is 16.3. The van der Waals surface area contributed by atoms with E-state index in [1.807, 2.05) is 12.1 Å². The summed E-state index contributed by atoms with van der Waals surface area (Å²) in [6, 6.07) is 3.98. The van der Waals surface area contributed by atoms with Gasteiger partial charge in [-0.2, -0.15) is 0 Å². The Balaban J connectivity index is 2.12. The minimum absolute atomic E-state index is 0.378. The van der Waals surface area contributed by atoms with Crippen molar-refractivity contribution in [3.8, 4) is 0 Å². The van der Waals surface area contributed by atoms with E-state index >= 15 is 0 Å². The fourth-order valence-electron chi connectivity index (χ4n) is 2.45. The monoisotopic (exact) mass is 234 g/mol. The number of nitrogens with zero attached hydrogens (tertiary/aromatic N) is 2. The van der Waals surface area contributed by atoms with Gasteiger partial charge in [0.25, 0.3) is 0 Å². The number of pyridine rings is 1. The molecular formula is C14H22N2O. The lowest BCUT2D eigenvalue weighted by molar-refractivity contribution is 0.199. The normalized spacial score (nSPS) is 21.3.